The minimum absolute atomic E-state index is 0.0150. The molecule has 1 aromatic carbocycles. The van der Waals surface area contributed by atoms with Crippen molar-refractivity contribution >= 4 is 21.8 Å². The van der Waals surface area contributed by atoms with E-state index < -0.39 is 0 Å². The molecular formula is C13H18BrNO3. The second kappa shape index (κ2) is 7.38. The quantitative estimate of drug-likeness (QED) is 0.814. The van der Waals surface area contributed by atoms with Crippen molar-refractivity contribution in [1.82, 2.24) is 4.90 Å². The number of amides is 1. The predicted octanol–water partition coefficient (Wildman–Crippen LogP) is 1.80. The highest BCUT2D eigenvalue weighted by Gasteiger charge is 2.14. The molecule has 0 aliphatic heterocycles. The average molecular weight is 316 g/mol. The molecule has 1 N–H and O–H groups in total. The standard InChI is InChI=1S/C13H18BrNO3/c1-15(8-11(14)9-18-2)13(17)7-10-4-3-5-12(16)6-10/h3-6,11,16H,7-9H2,1-2H3. The zero-order valence-corrected chi connectivity index (χ0v) is 12.2. The van der Waals surface area contributed by atoms with Crippen LogP contribution in [-0.4, -0.2) is 48.0 Å². The van der Waals surface area contributed by atoms with Gasteiger partial charge < -0.3 is 14.7 Å². The lowest BCUT2D eigenvalue weighted by molar-refractivity contribution is -0.129. The molecule has 0 radical (unpaired) electrons. The summed E-state index contributed by atoms with van der Waals surface area (Å²) in [5.41, 5.74) is 0.810. The second-order valence-corrected chi connectivity index (χ2v) is 5.47. The summed E-state index contributed by atoms with van der Waals surface area (Å²) in [5.74, 6) is 0.196. The molecule has 0 bridgehead atoms. The molecule has 0 heterocycles. The molecule has 100 valence electrons. The number of phenols is 1. The summed E-state index contributed by atoms with van der Waals surface area (Å²) in [5, 5.41) is 9.33. The molecule has 5 heteroatoms. The van der Waals surface area contributed by atoms with E-state index in [0.29, 0.717) is 13.2 Å². The third-order valence-electron chi connectivity index (χ3n) is 2.51. The van der Waals surface area contributed by atoms with Gasteiger partial charge in [0.2, 0.25) is 5.91 Å². The van der Waals surface area contributed by atoms with Crippen molar-refractivity contribution in [1.29, 1.82) is 0 Å². The van der Waals surface area contributed by atoms with E-state index in [1.165, 1.54) is 0 Å². The Labute approximate surface area is 116 Å². The summed E-state index contributed by atoms with van der Waals surface area (Å²) in [4.78, 5) is 13.7. The number of carbonyl (C=O) groups is 1. The van der Waals surface area contributed by atoms with Crippen LogP contribution in [0.2, 0.25) is 0 Å². The minimum atomic E-state index is 0.0150. The van der Waals surface area contributed by atoms with Crippen LogP contribution >= 0.6 is 15.9 Å². The van der Waals surface area contributed by atoms with Gasteiger partial charge in [-0.1, -0.05) is 28.1 Å². The smallest absolute Gasteiger partial charge is 0.226 e. The molecule has 0 saturated heterocycles. The number of ether oxygens (including phenoxy) is 1. The summed E-state index contributed by atoms with van der Waals surface area (Å²) in [6, 6.07) is 6.75. The van der Waals surface area contributed by atoms with Crippen LogP contribution in [0.3, 0.4) is 0 Å². The lowest BCUT2D eigenvalue weighted by atomic mass is 10.1. The molecule has 1 rings (SSSR count). The fourth-order valence-corrected chi connectivity index (χ4v) is 2.31. The van der Waals surface area contributed by atoms with Crippen LogP contribution in [0.1, 0.15) is 5.56 Å². The lowest BCUT2D eigenvalue weighted by Gasteiger charge is -2.20. The summed E-state index contributed by atoms with van der Waals surface area (Å²) in [7, 11) is 3.39. The molecule has 1 aromatic rings. The number of hydrogen-bond donors (Lipinski definition) is 1. The van der Waals surface area contributed by atoms with Crippen LogP contribution in [0.25, 0.3) is 0 Å². The third-order valence-corrected chi connectivity index (χ3v) is 3.07. The van der Waals surface area contributed by atoms with Crippen LogP contribution in [-0.2, 0) is 16.0 Å². The number of aromatic hydroxyl groups is 1. The van der Waals surface area contributed by atoms with E-state index >= 15 is 0 Å². The highest BCUT2D eigenvalue weighted by Crippen LogP contribution is 2.12. The van der Waals surface area contributed by atoms with E-state index in [4.69, 9.17) is 4.74 Å². The van der Waals surface area contributed by atoms with Gasteiger partial charge in [0.15, 0.2) is 0 Å². The average Bonchev–Trinajstić information content (AvgIpc) is 2.29. The zero-order chi connectivity index (χ0) is 13.5. The number of phenolic OH excluding ortho intramolecular Hbond substituents is 1. The van der Waals surface area contributed by atoms with Gasteiger partial charge in [-0.15, -0.1) is 0 Å². The first-order valence-electron chi connectivity index (χ1n) is 5.67. The van der Waals surface area contributed by atoms with Crippen molar-refractivity contribution in [3.8, 4) is 5.75 Å². The highest BCUT2D eigenvalue weighted by molar-refractivity contribution is 9.09. The fourth-order valence-electron chi connectivity index (χ4n) is 1.61. The minimum Gasteiger partial charge on any atom is -0.508 e. The van der Waals surface area contributed by atoms with E-state index in [9.17, 15) is 9.90 Å². The molecule has 4 nitrogen and oxygen atoms in total. The Bertz CT molecular complexity index is 398. The molecule has 0 aliphatic carbocycles. The third kappa shape index (κ3) is 5.06. The van der Waals surface area contributed by atoms with Crippen LogP contribution in [0.5, 0.6) is 5.75 Å². The van der Waals surface area contributed by atoms with E-state index in [-0.39, 0.29) is 22.9 Å². The van der Waals surface area contributed by atoms with E-state index in [0.717, 1.165) is 5.56 Å². The van der Waals surface area contributed by atoms with Gasteiger partial charge in [-0.05, 0) is 17.7 Å². The molecule has 1 amide bonds. The van der Waals surface area contributed by atoms with Crippen LogP contribution in [0.15, 0.2) is 24.3 Å². The SMILES string of the molecule is COCC(Br)CN(C)C(=O)Cc1cccc(O)c1. The normalized spacial score (nSPS) is 12.2. The van der Waals surface area contributed by atoms with Crippen LogP contribution in [0.4, 0.5) is 0 Å². The zero-order valence-electron chi connectivity index (χ0n) is 10.6. The highest BCUT2D eigenvalue weighted by atomic mass is 79.9. The van der Waals surface area contributed by atoms with Crippen molar-refractivity contribution in [2.24, 2.45) is 0 Å². The maximum Gasteiger partial charge on any atom is 0.226 e. The monoisotopic (exact) mass is 315 g/mol. The van der Waals surface area contributed by atoms with E-state index in [1.54, 1.807) is 37.3 Å². The Balaban J connectivity index is 2.49. The number of likely N-dealkylation sites (N-methyl/N-ethyl adjacent to an activating group) is 1. The van der Waals surface area contributed by atoms with E-state index in [1.807, 2.05) is 6.07 Å². The van der Waals surface area contributed by atoms with Crippen LogP contribution in [0, 0.1) is 0 Å². The van der Waals surface area contributed by atoms with Crippen molar-refractivity contribution in [3.63, 3.8) is 0 Å². The van der Waals surface area contributed by atoms with Crippen molar-refractivity contribution in [3.05, 3.63) is 29.8 Å². The van der Waals surface area contributed by atoms with Gasteiger partial charge in [0, 0.05) is 20.7 Å². The number of benzene rings is 1. The maximum atomic E-state index is 11.9. The summed E-state index contributed by atoms with van der Waals surface area (Å²) in [6.45, 7) is 1.15. The summed E-state index contributed by atoms with van der Waals surface area (Å²) >= 11 is 3.45. The first-order valence-corrected chi connectivity index (χ1v) is 6.59. The molecular weight excluding hydrogens is 298 g/mol. The number of halogens is 1. The van der Waals surface area contributed by atoms with Gasteiger partial charge in [0.05, 0.1) is 17.9 Å². The molecule has 0 aliphatic rings. The second-order valence-electron chi connectivity index (χ2n) is 4.17. The fraction of sp³-hybridized carbons (Fsp3) is 0.462. The Morgan fingerprint density at radius 2 is 2.28 bits per heavy atom. The van der Waals surface area contributed by atoms with Gasteiger partial charge in [0.1, 0.15) is 5.75 Å². The largest absolute Gasteiger partial charge is 0.508 e. The number of methoxy groups -OCH3 is 1. The van der Waals surface area contributed by atoms with Crippen LogP contribution < -0.4 is 0 Å². The van der Waals surface area contributed by atoms with Gasteiger partial charge in [-0.3, -0.25) is 4.79 Å². The van der Waals surface area contributed by atoms with Crippen molar-refractivity contribution in [2.45, 2.75) is 11.2 Å². The van der Waals surface area contributed by atoms with Gasteiger partial charge in [-0.25, -0.2) is 0 Å². The Kier molecular flexibility index (Phi) is 6.15. The summed E-state index contributed by atoms with van der Waals surface area (Å²) < 4.78 is 5.00. The number of nitrogens with zero attached hydrogens (tertiary/aromatic N) is 1. The summed E-state index contributed by atoms with van der Waals surface area (Å²) in [6.07, 6.45) is 0.289. The molecule has 0 saturated carbocycles. The molecule has 0 aromatic heterocycles. The molecule has 18 heavy (non-hydrogen) atoms. The topological polar surface area (TPSA) is 49.8 Å². The number of carbonyl (C=O) groups excluding carboxylic acids is 1. The van der Waals surface area contributed by atoms with Gasteiger partial charge in [0.25, 0.3) is 0 Å². The number of rotatable bonds is 6. The lowest BCUT2D eigenvalue weighted by Crippen LogP contribution is -2.34. The number of hydrogen-bond acceptors (Lipinski definition) is 3. The van der Waals surface area contributed by atoms with E-state index in [2.05, 4.69) is 15.9 Å². The molecule has 1 atom stereocenters. The predicted molar refractivity (Wildman–Crippen MR) is 74.0 cm³/mol. The first-order chi connectivity index (χ1) is 8.52. The molecule has 0 spiro atoms. The van der Waals surface area contributed by atoms with Crippen molar-refractivity contribution < 1.29 is 14.6 Å². The Morgan fingerprint density at radius 1 is 1.56 bits per heavy atom. The number of alkyl halides is 1. The Morgan fingerprint density at radius 3 is 2.89 bits per heavy atom. The van der Waals surface area contributed by atoms with Crippen molar-refractivity contribution in [2.75, 3.05) is 27.3 Å². The molecule has 1 unspecified atom stereocenters. The molecule has 0 fully saturated rings. The maximum absolute atomic E-state index is 11.9. The van der Waals surface area contributed by atoms with Gasteiger partial charge >= 0.3 is 0 Å². The van der Waals surface area contributed by atoms with Gasteiger partial charge in [-0.2, -0.15) is 0 Å². The Hall–Kier alpha value is -1.07. The first kappa shape index (κ1) is 15.0.